The average Bonchev–Trinajstić information content (AvgIpc) is 2.77. The highest BCUT2D eigenvalue weighted by Gasteiger charge is 2.29. The van der Waals surface area contributed by atoms with E-state index in [0.717, 1.165) is 12.8 Å². The van der Waals surface area contributed by atoms with E-state index in [2.05, 4.69) is 4.98 Å². The highest BCUT2D eigenvalue weighted by Crippen LogP contribution is 2.19. The van der Waals surface area contributed by atoms with E-state index in [1.165, 1.54) is 6.20 Å². The van der Waals surface area contributed by atoms with Crippen LogP contribution in [0.4, 0.5) is 5.69 Å². The Morgan fingerprint density at radius 1 is 1.62 bits per heavy atom. The van der Waals surface area contributed by atoms with Crippen LogP contribution in [0, 0.1) is 0 Å². The van der Waals surface area contributed by atoms with Crippen molar-refractivity contribution in [2.24, 2.45) is 0 Å². The number of nitrogens with two attached hydrogens (primary N) is 1. The summed E-state index contributed by atoms with van der Waals surface area (Å²) in [6.45, 7) is 0.705. The van der Waals surface area contributed by atoms with Crippen LogP contribution in [0.3, 0.4) is 0 Å². The lowest BCUT2D eigenvalue weighted by Gasteiger charge is -2.22. The highest BCUT2D eigenvalue weighted by atomic mass is 16.3. The fraction of sp³-hybridized carbons (Fsp3) is 0.455. The van der Waals surface area contributed by atoms with Crippen molar-refractivity contribution in [2.45, 2.75) is 18.9 Å². The molecule has 1 amide bonds. The van der Waals surface area contributed by atoms with Crippen LogP contribution in [-0.4, -0.2) is 40.1 Å². The number of nitrogen functional groups attached to an aromatic ring is 1. The summed E-state index contributed by atoms with van der Waals surface area (Å²) in [6, 6.07) is 3.21. The zero-order valence-corrected chi connectivity index (χ0v) is 8.97. The number of pyridine rings is 1. The van der Waals surface area contributed by atoms with Crippen LogP contribution in [0.5, 0.6) is 0 Å². The number of aliphatic hydroxyl groups excluding tert-OH is 1. The monoisotopic (exact) mass is 221 g/mol. The van der Waals surface area contributed by atoms with E-state index in [1.807, 2.05) is 0 Å². The van der Waals surface area contributed by atoms with Crippen molar-refractivity contribution >= 4 is 11.6 Å². The largest absolute Gasteiger partial charge is 0.397 e. The molecule has 0 aromatic carbocycles. The van der Waals surface area contributed by atoms with Gasteiger partial charge in [0.25, 0.3) is 5.91 Å². The summed E-state index contributed by atoms with van der Waals surface area (Å²) in [6.07, 6.45) is 3.26. The molecule has 1 fully saturated rings. The van der Waals surface area contributed by atoms with Gasteiger partial charge in [0.2, 0.25) is 0 Å². The van der Waals surface area contributed by atoms with E-state index < -0.39 is 0 Å². The number of rotatable bonds is 2. The third kappa shape index (κ3) is 1.99. The van der Waals surface area contributed by atoms with Gasteiger partial charge in [-0.3, -0.25) is 4.79 Å². The summed E-state index contributed by atoms with van der Waals surface area (Å²) in [5, 5.41) is 9.14. The van der Waals surface area contributed by atoms with Crippen LogP contribution >= 0.6 is 0 Å². The molecule has 1 aliphatic heterocycles. The number of likely N-dealkylation sites (tertiary alicyclic amines) is 1. The minimum Gasteiger partial charge on any atom is -0.397 e. The van der Waals surface area contributed by atoms with Gasteiger partial charge in [-0.25, -0.2) is 4.98 Å². The van der Waals surface area contributed by atoms with Gasteiger partial charge < -0.3 is 15.7 Å². The number of anilines is 1. The number of hydrogen-bond acceptors (Lipinski definition) is 4. The van der Waals surface area contributed by atoms with Crippen molar-refractivity contribution in [1.29, 1.82) is 0 Å². The number of hydrogen-bond donors (Lipinski definition) is 2. The minimum absolute atomic E-state index is 0.0146. The molecule has 5 heteroatoms. The van der Waals surface area contributed by atoms with Crippen molar-refractivity contribution < 1.29 is 9.90 Å². The fourth-order valence-electron chi connectivity index (χ4n) is 1.97. The highest BCUT2D eigenvalue weighted by molar-refractivity contribution is 5.92. The molecule has 0 saturated carbocycles. The molecule has 0 aliphatic carbocycles. The molecule has 1 unspecified atom stereocenters. The number of carbonyl (C=O) groups excluding carboxylic acids is 1. The Bertz CT molecular complexity index is 377. The first-order valence-electron chi connectivity index (χ1n) is 5.35. The first-order valence-corrected chi connectivity index (χ1v) is 5.35. The van der Waals surface area contributed by atoms with Gasteiger partial charge >= 0.3 is 0 Å². The predicted octanol–water partition coefficient (Wildman–Crippen LogP) is 0.261. The quantitative estimate of drug-likeness (QED) is 0.750. The molecular formula is C11H15N3O2. The number of aliphatic hydroxyl groups is 1. The molecule has 0 bridgehead atoms. The first-order chi connectivity index (χ1) is 7.72. The zero-order chi connectivity index (χ0) is 11.5. The summed E-state index contributed by atoms with van der Waals surface area (Å²) in [4.78, 5) is 17.7. The maximum absolute atomic E-state index is 12.0. The Labute approximate surface area is 93.9 Å². The fourth-order valence-corrected chi connectivity index (χ4v) is 1.97. The molecule has 1 aromatic heterocycles. The van der Waals surface area contributed by atoms with Crippen molar-refractivity contribution in [3.8, 4) is 0 Å². The van der Waals surface area contributed by atoms with Gasteiger partial charge in [0.1, 0.15) is 5.69 Å². The lowest BCUT2D eigenvalue weighted by atomic mass is 10.2. The summed E-state index contributed by atoms with van der Waals surface area (Å²) in [5.74, 6) is -0.128. The van der Waals surface area contributed by atoms with Crippen molar-refractivity contribution in [3.05, 3.63) is 24.0 Å². The Kier molecular flexibility index (Phi) is 3.05. The van der Waals surface area contributed by atoms with Gasteiger partial charge in [-0.2, -0.15) is 0 Å². The summed E-state index contributed by atoms with van der Waals surface area (Å²) in [5.41, 5.74) is 6.43. The van der Waals surface area contributed by atoms with E-state index in [1.54, 1.807) is 17.0 Å². The second-order valence-electron chi connectivity index (χ2n) is 3.95. The molecule has 1 aromatic rings. The van der Waals surface area contributed by atoms with E-state index in [9.17, 15) is 4.79 Å². The Hall–Kier alpha value is -1.62. The average molecular weight is 221 g/mol. The minimum atomic E-state index is -0.128. The molecule has 2 rings (SSSR count). The van der Waals surface area contributed by atoms with E-state index in [4.69, 9.17) is 10.8 Å². The van der Waals surface area contributed by atoms with Crippen molar-refractivity contribution in [2.75, 3.05) is 18.9 Å². The van der Waals surface area contributed by atoms with Gasteiger partial charge in [0.15, 0.2) is 0 Å². The van der Waals surface area contributed by atoms with Crippen molar-refractivity contribution in [1.82, 2.24) is 9.88 Å². The number of nitrogens with zero attached hydrogens (tertiary/aromatic N) is 2. The summed E-state index contributed by atoms with van der Waals surface area (Å²) >= 11 is 0. The smallest absolute Gasteiger partial charge is 0.272 e. The SMILES string of the molecule is Nc1ccc(C(=O)N2CCCC2CO)nc1. The van der Waals surface area contributed by atoms with Crippen molar-refractivity contribution in [3.63, 3.8) is 0 Å². The van der Waals surface area contributed by atoms with Crippen LogP contribution in [-0.2, 0) is 0 Å². The summed E-state index contributed by atoms with van der Waals surface area (Å²) < 4.78 is 0. The Balaban J connectivity index is 2.15. The van der Waals surface area contributed by atoms with Crippen LogP contribution in [0.2, 0.25) is 0 Å². The van der Waals surface area contributed by atoms with Crippen LogP contribution in [0.15, 0.2) is 18.3 Å². The normalized spacial score (nSPS) is 20.1. The number of carbonyl (C=O) groups is 1. The third-order valence-corrected chi connectivity index (χ3v) is 2.85. The maximum Gasteiger partial charge on any atom is 0.272 e. The molecule has 5 nitrogen and oxygen atoms in total. The van der Waals surface area contributed by atoms with Gasteiger partial charge in [-0.05, 0) is 25.0 Å². The van der Waals surface area contributed by atoms with E-state index >= 15 is 0 Å². The maximum atomic E-state index is 12.0. The Morgan fingerprint density at radius 3 is 3.06 bits per heavy atom. The van der Waals surface area contributed by atoms with Gasteiger partial charge in [-0.1, -0.05) is 0 Å². The molecule has 1 saturated heterocycles. The molecule has 0 spiro atoms. The lowest BCUT2D eigenvalue weighted by molar-refractivity contribution is 0.0672. The van der Waals surface area contributed by atoms with Crippen LogP contribution in [0.1, 0.15) is 23.3 Å². The molecule has 86 valence electrons. The second kappa shape index (κ2) is 4.49. The molecule has 16 heavy (non-hydrogen) atoms. The predicted molar refractivity (Wildman–Crippen MR) is 59.8 cm³/mol. The lowest BCUT2D eigenvalue weighted by Crippen LogP contribution is -2.38. The topological polar surface area (TPSA) is 79.5 Å². The van der Waals surface area contributed by atoms with E-state index in [0.29, 0.717) is 17.9 Å². The molecule has 0 radical (unpaired) electrons. The molecule has 1 aliphatic rings. The number of amides is 1. The zero-order valence-electron chi connectivity index (χ0n) is 8.97. The summed E-state index contributed by atoms with van der Waals surface area (Å²) in [7, 11) is 0. The van der Waals surface area contributed by atoms with E-state index in [-0.39, 0.29) is 18.6 Å². The molecule has 1 atom stereocenters. The molecule has 3 N–H and O–H groups in total. The number of aromatic nitrogens is 1. The molecule has 2 heterocycles. The van der Waals surface area contributed by atoms with Gasteiger partial charge in [0.05, 0.1) is 24.5 Å². The first kappa shape index (κ1) is 10.9. The Morgan fingerprint density at radius 2 is 2.44 bits per heavy atom. The van der Waals surface area contributed by atoms with Gasteiger partial charge in [-0.15, -0.1) is 0 Å². The third-order valence-electron chi connectivity index (χ3n) is 2.85. The second-order valence-corrected chi connectivity index (χ2v) is 3.95. The molecular weight excluding hydrogens is 206 g/mol. The van der Waals surface area contributed by atoms with Crippen LogP contribution < -0.4 is 5.73 Å². The van der Waals surface area contributed by atoms with Crippen LogP contribution in [0.25, 0.3) is 0 Å². The van der Waals surface area contributed by atoms with Gasteiger partial charge in [0, 0.05) is 6.54 Å². The standard InChI is InChI=1S/C11H15N3O2/c12-8-3-4-10(13-6-8)11(16)14-5-1-2-9(14)7-15/h3-4,6,9,15H,1-2,5,7,12H2.